The molecule has 1 aromatic rings. The Hall–Kier alpha value is -0.910. The first-order chi connectivity index (χ1) is 8.03. The maximum absolute atomic E-state index is 12.0. The van der Waals surface area contributed by atoms with E-state index in [0.717, 1.165) is 5.56 Å². The van der Waals surface area contributed by atoms with Gasteiger partial charge in [-0.15, -0.1) is 0 Å². The van der Waals surface area contributed by atoms with Gasteiger partial charge in [-0.1, -0.05) is 30.3 Å². The molecule has 0 spiro atoms. The van der Waals surface area contributed by atoms with Gasteiger partial charge < -0.3 is 5.73 Å². The van der Waals surface area contributed by atoms with Crippen LogP contribution in [0.25, 0.3) is 0 Å². The quantitative estimate of drug-likeness (QED) is 0.836. The van der Waals surface area contributed by atoms with Crippen molar-refractivity contribution in [1.29, 1.82) is 0 Å². The van der Waals surface area contributed by atoms with Crippen LogP contribution in [0, 0.1) is 0 Å². The van der Waals surface area contributed by atoms with Crippen molar-refractivity contribution in [2.45, 2.75) is 19.9 Å². The molecule has 0 saturated heterocycles. The van der Waals surface area contributed by atoms with E-state index in [2.05, 4.69) is 0 Å². The SMILES string of the molecule is CCS(=O)(=O)N(CCN)C(C)c1ccccc1. The zero-order valence-corrected chi connectivity index (χ0v) is 11.2. The lowest BCUT2D eigenvalue weighted by Gasteiger charge is -2.27. The molecule has 1 atom stereocenters. The fraction of sp³-hybridized carbons (Fsp3) is 0.500. The van der Waals surface area contributed by atoms with Crippen molar-refractivity contribution >= 4 is 10.0 Å². The molecular weight excluding hydrogens is 236 g/mol. The second-order valence-electron chi connectivity index (χ2n) is 3.89. The number of hydrogen-bond donors (Lipinski definition) is 1. The fourth-order valence-corrected chi connectivity index (χ4v) is 3.08. The van der Waals surface area contributed by atoms with Crippen LogP contribution in [-0.2, 0) is 10.0 Å². The topological polar surface area (TPSA) is 63.4 Å². The summed E-state index contributed by atoms with van der Waals surface area (Å²) in [4.78, 5) is 0. The minimum Gasteiger partial charge on any atom is -0.329 e. The first-order valence-corrected chi connectivity index (χ1v) is 7.38. The molecule has 0 aliphatic heterocycles. The lowest BCUT2D eigenvalue weighted by Crippen LogP contribution is -2.38. The van der Waals surface area contributed by atoms with E-state index in [-0.39, 0.29) is 11.8 Å². The highest BCUT2D eigenvalue weighted by Crippen LogP contribution is 2.22. The molecule has 0 amide bonds. The summed E-state index contributed by atoms with van der Waals surface area (Å²) in [7, 11) is -3.22. The summed E-state index contributed by atoms with van der Waals surface area (Å²) in [6.45, 7) is 4.22. The molecule has 1 aromatic carbocycles. The Morgan fingerprint density at radius 3 is 2.35 bits per heavy atom. The molecule has 4 nitrogen and oxygen atoms in total. The molecule has 1 unspecified atom stereocenters. The van der Waals surface area contributed by atoms with E-state index in [0.29, 0.717) is 13.1 Å². The molecular formula is C12H20N2O2S. The number of rotatable bonds is 6. The van der Waals surface area contributed by atoms with Gasteiger partial charge >= 0.3 is 0 Å². The molecule has 0 aromatic heterocycles. The van der Waals surface area contributed by atoms with Crippen LogP contribution in [0.5, 0.6) is 0 Å². The smallest absolute Gasteiger partial charge is 0.214 e. The molecule has 5 heteroatoms. The van der Waals surface area contributed by atoms with E-state index in [1.165, 1.54) is 4.31 Å². The zero-order valence-electron chi connectivity index (χ0n) is 10.3. The maximum atomic E-state index is 12.0. The highest BCUT2D eigenvalue weighted by Gasteiger charge is 2.25. The second kappa shape index (κ2) is 6.14. The van der Waals surface area contributed by atoms with Crippen LogP contribution in [0.2, 0.25) is 0 Å². The standard InChI is InChI=1S/C12H20N2O2S/c1-3-17(15,16)14(10-9-13)11(2)12-7-5-4-6-8-12/h4-8,11H,3,9-10,13H2,1-2H3. The number of hydrogen-bond acceptors (Lipinski definition) is 3. The minimum atomic E-state index is -3.22. The molecule has 0 saturated carbocycles. The molecule has 0 heterocycles. The van der Waals surface area contributed by atoms with Gasteiger partial charge in [0.1, 0.15) is 0 Å². The van der Waals surface area contributed by atoms with Gasteiger partial charge in [-0.05, 0) is 19.4 Å². The van der Waals surface area contributed by atoms with Crippen LogP contribution in [0.15, 0.2) is 30.3 Å². The molecule has 0 bridgehead atoms. The Balaban J connectivity index is 3.00. The predicted octanol–water partition coefficient (Wildman–Crippen LogP) is 1.36. The van der Waals surface area contributed by atoms with Crippen molar-refractivity contribution in [3.8, 4) is 0 Å². The van der Waals surface area contributed by atoms with Gasteiger partial charge in [0.25, 0.3) is 0 Å². The normalized spacial score (nSPS) is 13.9. The third kappa shape index (κ3) is 3.52. The van der Waals surface area contributed by atoms with Crippen molar-refractivity contribution in [3.05, 3.63) is 35.9 Å². The van der Waals surface area contributed by atoms with Gasteiger partial charge in [0.05, 0.1) is 5.75 Å². The molecule has 1 rings (SSSR count). The molecule has 2 N–H and O–H groups in total. The molecule has 96 valence electrons. The van der Waals surface area contributed by atoms with Gasteiger partial charge in [-0.3, -0.25) is 0 Å². The summed E-state index contributed by atoms with van der Waals surface area (Å²) in [5.74, 6) is 0.101. The van der Waals surface area contributed by atoms with Crippen molar-refractivity contribution in [3.63, 3.8) is 0 Å². The van der Waals surface area contributed by atoms with Gasteiger partial charge in [0.2, 0.25) is 10.0 Å². The summed E-state index contributed by atoms with van der Waals surface area (Å²) in [6.07, 6.45) is 0. The van der Waals surface area contributed by atoms with E-state index in [1.807, 2.05) is 37.3 Å². The molecule has 0 aliphatic rings. The summed E-state index contributed by atoms with van der Waals surface area (Å²) in [5.41, 5.74) is 6.47. The Kier molecular flexibility index (Phi) is 5.11. The molecule has 17 heavy (non-hydrogen) atoms. The van der Waals surface area contributed by atoms with Gasteiger partial charge in [0.15, 0.2) is 0 Å². The highest BCUT2D eigenvalue weighted by molar-refractivity contribution is 7.89. The lowest BCUT2D eigenvalue weighted by molar-refractivity contribution is 0.350. The van der Waals surface area contributed by atoms with Crippen LogP contribution >= 0.6 is 0 Å². The monoisotopic (exact) mass is 256 g/mol. The zero-order chi connectivity index (χ0) is 12.9. The van der Waals surface area contributed by atoms with Crippen LogP contribution in [-0.4, -0.2) is 31.6 Å². The number of nitrogens with two attached hydrogens (primary N) is 1. The third-order valence-electron chi connectivity index (χ3n) is 2.79. The largest absolute Gasteiger partial charge is 0.329 e. The first-order valence-electron chi connectivity index (χ1n) is 5.77. The number of sulfonamides is 1. The Bertz CT molecular complexity index is 431. The molecule has 0 fully saturated rings. The first kappa shape index (κ1) is 14.2. The highest BCUT2D eigenvalue weighted by atomic mass is 32.2. The van der Waals surface area contributed by atoms with Crippen LogP contribution in [0.4, 0.5) is 0 Å². The van der Waals surface area contributed by atoms with E-state index < -0.39 is 10.0 Å². The second-order valence-corrected chi connectivity index (χ2v) is 6.10. The average molecular weight is 256 g/mol. The van der Waals surface area contributed by atoms with Gasteiger partial charge in [-0.25, -0.2) is 8.42 Å². The van der Waals surface area contributed by atoms with Crippen molar-refractivity contribution in [2.75, 3.05) is 18.8 Å². The van der Waals surface area contributed by atoms with Crippen LogP contribution in [0.1, 0.15) is 25.5 Å². The maximum Gasteiger partial charge on any atom is 0.214 e. The van der Waals surface area contributed by atoms with Crippen molar-refractivity contribution in [1.82, 2.24) is 4.31 Å². The van der Waals surface area contributed by atoms with Gasteiger partial charge in [-0.2, -0.15) is 4.31 Å². The Labute approximate surface area is 103 Å². The number of nitrogens with zero attached hydrogens (tertiary/aromatic N) is 1. The van der Waals surface area contributed by atoms with Crippen molar-refractivity contribution in [2.24, 2.45) is 5.73 Å². The Morgan fingerprint density at radius 2 is 1.88 bits per heavy atom. The summed E-state index contributed by atoms with van der Waals surface area (Å²) in [6, 6.07) is 9.41. The molecule has 0 aliphatic carbocycles. The lowest BCUT2D eigenvalue weighted by atomic mass is 10.1. The van der Waals surface area contributed by atoms with Gasteiger partial charge in [0, 0.05) is 19.1 Å². The van der Waals surface area contributed by atoms with E-state index >= 15 is 0 Å². The third-order valence-corrected chi connectivity index (χ3v) is 4.73. The van der Waals surface area contributed by atoms with Crippen molar-refractivity contribution < 1.29 is 8.42 Å². The Morgan fingerprint density at radius 1 is 1.29 bits per heavy atom. The van der Waals surface area contributed by atoms with Crippen LogP contribution < -0.4 is 5.73 Å². The minimum absolute atomic E-state index is 0.101. The summed E-state index contributed by atoms with van der Waals surface area (Å²) < 4.78 is 25.4. The number of benzene rings is 1. The van der Waals surface area contributed by atoms with Crippen LogP contribution in [0.3, 0.4) is 0 Å². The van der Waals surface area contributed by atoms with E-state index in [1.54, 1.807) is 6.92 Å². The molecule has 0 radical (unpaired) electrons. The fourth-order valence-electron chi connectivity index (χ4n) is 1.76. The predicted molar refractivity (Wildman–Crippen MR) is 70.1 cm³/mol. The summed E-state index contributed by atoms with van der Waals surface area (Å²) >= 11 is 0. The average Bonchev–Trinajstić information content (AvgIpc) is 2.36. The van der Waals surface area contributed by atoms with E-state index in [4.69, 9.17) is 5.73 Å². The summed E-state index contributed by atoms with van der Waals surface area (Å²) in [5, 5.41) is 0. The van der Waals surface area contributed by atoms with E-state index in [9.17, 15) is 8.42 Å².